The van der Waals surface area contributed by atoms with Crippen molar-refractivity contribution in [1.82, 2.24) is 9.88 Å². The average Bonchev–Trinajstić information content (AvgIpc) is 2.78. The Morgan fingerprint density at radius 3 is 2.82 bits per heavy atom. The molecule has 1 saturated carbocycles. The van der Waals surface area contributed by atoms with Crippen molar-refractivity contribution in [1.29, 1.82) is 0 Å². The lowest BCUT2D eigenvalue weighted by Gasteiger charge is -2.46. The van der Waals surface area contributed by atoms with Crippen LogP contribution in [0.2, 0.25) is 0 Å². The van der Waals surface area contributed by atoms with Crippen LogP contribution in [0.4, 0.5) is 0 Å². The largest absolute Gasteiger partial charge is 0.357 e. The maximum absolute atomic E-state index is 3.78. The first kappa shape index (κ1) is 13.2. The van der Waals surface area contributed by atoms with Gasteiger partial charge in [-0.25, -0.2) is 0 Å². The minimum Gasteiger partial charge on any atom is -0.357 e. The van der Waals surface area contributed by atoms with E-state index in [1.807, 2.05) is 0 Å². The van der Waals surface area contributed by atoms with Gasteiger partial charge in [0.05, 0.1) is 6.04 Å². The van der Waals surface area contributed by atoms with Crippen molar-refractivity contribution >= 4 is 10.9 Å². The van der Waals surface area contributed by atoms with Crippen molar-refractivity contribution < 1.29 is 0 Å². The molecule has 0 radical (unpaired) electrons. The molecule has 1 saturated heterocycles. The van der Waals surface area contributed by atoms with Gasteiger partial charge in [-0.1, -0.05) is 43.9 Å². The molecule has 1 aliphatic carbocycles. The van der Waals surface area contributed by atoms with E-state index in [0.717, 1.165) is 11.8 Å². The van der Waals surface area contributed by atoms with E-state index in [9.17, 15) is 0 Å². The maximum Gasteiger partial charge on any atom is 0.0504 e. The molecule has 2 nitrogen and oxygen atoms in total. The molecule has 1 aromatic carbocycles. The molecule has 2 aliphatic heterocycles. The Labute approximate surface area is 132 Å². The highest BCUT2D eigenvalue weighted by Gasteiger charge is 2.40. The zero-order valence-electron chi connectivity index (χ0n) is 13.4. The Kier molecular flexibility index (Phi) is 3.07. The van der Waals surface area contributed by atoms with E-state index in [4.69, 9.17) is 0 Å². The molecule has 1 unspecified atom stereocenters. The molecule has 5 rings (SSSR count). The monoisotopic (exact) mass is 294 g/mol. The molecular formula is C20H26N2. The molecule has 0 spiro atoms. The van der Waals surface area contributed by atoms with Crippen molar-refractivity contribution in [2.75, 3.05) is 13.1 Å². The number of nitrogens with one attached hydrogen (secondary N) is 1. The number of H-pyrrole nitrogens is 1. The number of hydrogen-bond donors (Lipinski definition) is 1. The summed E-state index contributed by atoms with van der Waals surface area (Å²) >= 11 is 0. The van der Waals surface area contributed by atoms with Crippen molar-refractivity contribution in [3.8, 4) is 0 Å². The van der Waals surface area contributed by atoms with Crippen molar-refractivity contribution in [3.05, 3.63) is 35.5 Å². The van der Waals surface area contributed by atoms with Gasteiger partial charge in [-0.05, 0) is 42.7 Å². The third kappa shape index (κ3) is 1.96. The zero-order chi connectivity index (χ0) is 14.5. The third-order valence-corrected chi connectivity index (χ3v) is 6.58. The lowest BCUT2D eigenvalue weighted by molar-refractivity contribution is 0.0489. The van der Waals surface area contributed by atoms with Gasteiger partial charge in [0.25, 0.3) is 0 Å². The molecule has 1 aromatic heterocycles. The van der Waals surface area contributed by atoms with E-state index in [2.05, 4.69) is 34.1 Å². The van der Waals surface area contributed by atoms with Gasteiger partial charge in [0, 0.05) is 29.7 Å². The van der Waals surface area contributed by atoms with Gasteiger partial charge >= 0.3 is 0 Å². The molecule has 3 atom stereocenters. The lowest BCUT2D eigenvalue weighted by Crippen LogP contribution is -2.45. The first-order chi connectivity index (χ1) is 10.9. The number of aromatic nitrogens is 1. The van der Waals surface area contributed by atoms with Gasteiger partial charge < -0.3 is 4.98 Å². The number of fused-ring (bicyclic) bond motifs is 6. The van der Waals surface area contributed by atoms with Crippen LogP contribution in [-0.2, 0) is 6.42 Å². The summed E-state index contributed by atoms with van der Waals surface area (Å²) in [5.41, 5.74) is 4.51. The summed E-state index contributed by atoms with van der Waals surface area (Å²) in [5, 5.41) is 1.47. The first-order valence-electron chi connectivity index (χ1n) is 9.23. The van der Waals surface area contributed by atoms with Crippen LogP contribution < -0.4 is 0 Å². The summed E-state index contributed by atoms with van der Waals surface area (Å²) in [5.74, 6) is 1.95. The summed E-state index contributed by atoms with van der Waals surface area (Å²) < 4.78 is 0. The Balaban J connectivity index is 1.53. The fourth-order valence-electron chi connectivity index (χ4n) is 5.45. The van der Waals surface area contributed by atoms with E-state index in [0.29, 0.717) is 6.04 Å². The topological polar surface area (TPSA) is 19.0 Å². The molecule has 3 heterocycles. The van der Waals surface area contributed by atoms with E-state index >= 15 is 0 Å². The number of para-hydroxylation sites is 1. The van der Waals surface area contributed by atoms with Crippen molar-refractivity contribution in [2.24, 2.45) is 11.8 Å². The van der Waals surface area contributed by atoms with Crippen LogP contribution in [0.3, 0.4) is 0 Å². The summed E-state index contributed by atoms with van der Waals surface area (Å²) in [7, 11) is 0. The summed E-state index contributed by atoms with van der Waals surface area (Å²) in [6, 6.07) is 9.55. The molecule has 1 N–H and O–H groups in total. The van der Waals surface area contributed by atoms with E-state index in [-0.39, 0.29) is 0 Å². The normalized spacial score (nSPS) is 32.1. The van der Waals surface area contributed by atoms with Gasteiger partial charge in [0.2, 0.25) is 0 Å². The van der Waals surface area contributed by atoms with Crippen LogP contribution in [0, 0.1) is 11.8 Å². The van der Waals surface area contributed by atoms with Gasteiger partial charge in [-0.2, -0.15) is 0 Å². The Hall–Kier alpha value is -1.28. The van der Waals surface area contributed by atoms with E-state index < -0.39 is 0 Å². The lowest BCUT2D eigenvalue weighted by atomic mass is 9.76. The molecule has 0 bridgehead atoms. The highest BCUT2D eigenvalue weighted by Crippen LogP contribution is 2.46. The second kappa shape index (κ2) is 5.13. The number of nitrogens with zero attached hydrogens (tertiary/aromatic N) is 1. The molecule has 0 amide bonds. The Bertz CT molecular complexity index is 686. The third-order valence-electron chi connectivity index (χ3n) is 6.58. The van der Waals surface area contributed by atoms with Crippen molar-refractivity contribution in [2.45, 2.75) is 51.0 Å². The summed E-state index contributed by atoms with van der Waals surface area (Å²) in [6.45, 7) is 2.62. The number of benzene rings is 1. The van der Waals surface area contributed by atoms with Crippen molar-refractivity contribution in [3.63, 3.8) is 0 Å². The quantitative estimate of drug-likeness (QED) is 0.748. The molecule has 116 valence electrons. The highest BCUT2D eigenvalue weighted by atomic mass is 15.2. The fraction of sp³-hybridized carbons (Fsp3) is 0.600. The molecule has 2 heteroatoms. The maximum atomic E-state index is 3.78. The summed E-state index contributed by atoms with van der Waals surface area (Å²) in [4.78, 5) is 6.58. The Morgan fingerprint density at radius 1 is 1.00 bits per heavy atom. The number of piperidine rings is 1. The number of rotatable bonds is 0. The Morgan fingerprint density at radius 2 is 1.86 bits per heavy atom. The minimum atomic E-state index is 0.662. The molecule has 22 heavy (non-hydrogen) atoms. The van der Waals surface area contributed by atoms with Gasteiger partial charge in [0.15, 0.2) is 0 Å². The molecular weight excluding hydrogens is 268 g/mol. The number of aromatic amines is 1. The second-order valence-electron chi connectivity index (χ2n) is 7.72. The second-order valence-corrected chi connectivity index (χ2v) is 7.72. The first-order valence-corrected chi connectivity index (χ1v) is 9.23. The zero-order valence-corrected chi connectivity index (χ0v) is 13.4. The SMILES string of the molecule is c1ccc2c3c([nH]c2c1)C1C[C@@H]2CCCCC[C@H]2CN1CC3. The van der Waals surface area contributed by atoms with Crippen LogP contribution in [0.1, 0.15) is 55.8 Å². The standard InChI is InChI=1S/C20H26N2/c1-2-6-14-12-19-20-17(16-8-4-5-9-18(16)21-20)10-11-22(19)13-15(14)7-3-1/h4-5,8-9,14-15,19,21H,1-3,6-7,10-13H2/t14-,15-,19?/m0/s1. The van der Waals surface area contributed by atoms with E-state index in [1.165, 1.54) is 68.9 Å². The molecule has 3 aliphatic rings. The predicted molar refractivity (Wildman–Crippen MR) is 91.0 cm³/mol. The van der Waals surface area contributed by atoms with Crippen LogP contribution in [0.25, 0.3) is 10.9 Å². The van der Waals surface area contributed by atoms with Crippen LogP contribution >= 0.6 is 0 Å². The van der Waals surface area contributed by atoms with E-state index in [1.54, 1.807) is 11.3 Å². The van der Waals surface area contributed by atoms with Crippen LogP contribution in [0.5, 0.6) is 0 Å². The average molecular weight is 294 g/mol. The predicted octanol–water partition coefficient (Wildman–Crippen LogP) is 4.67. The van der Waals surface area contributed by atoms with Crippen LogP contribution in [0.15, 0.2) is 24.3 Å². The van der Waals surface area contributed by atoms with Gasteiger partial charge in [-0.15, -0.1) is 0 Å². The molecule has 2 fully saturated rings. The number of hydrogen-bond acceptors (Lipinski definition) is 1. The van der Waals surface area contributed by atoms with Gasteiger partial charge in [0.1, 0.15) is 0 Å². The smallest absolute Gasteiger partial charge is 0.0504 e. The molecule has 2 aromatic rings. The highest BCUT2D eigenvalue weighted by molar-refractivity contribution is 5.85. The van der Waals surface area contributed by atoms with Crippen LogP contribution in [-0.4, -0.2) is 23.0 Å². The fourth-order valence-corrected chi connectivity index (χ4v) is 5.45. The summed E-state index contributed by atoms with van der Waals surface area (Å²) in [6.07, 6.45) is 9.98. The van der Waals surface area contributed by atoms with Gasteiger partial charge in [-0.3, -0.25) is 4.90 Å². The minimum absolute atomic E-state index is 0.662.